The molecule has 1 heterocycles. The molecule has 1 amide bonds. The fourth-order valence-corrected chi connectivity index (χ4v) is 2.18. The second kappa shape index (κ2) is 6.28. The van der Waals surface area contributed by atoms with Gasteiger partial charge >= 0.3 is 0 Å². The second-order valence-corrected chi connectivity index (χ2v) is 4.64. The van der Waals surface area contributed by atoms with Crippen LogP contribution >= 0.6 is 11.3 Å². The zero-order valence-electron chi connectivity index (χ0n) is 10.1. The molecule has 5 heteroatoms. The van der Waals surface area contributed by atoms with Crippen LogP contribution in [0.2, 0.25) is 0 Å². The smallest absolute Gasteiger partial charge is 0.238 e. The van der Waals surface area contributed by atoms with E-state index in [1.54, 1.807) is 17.5 Å². The van der Waals surface area contributed by atoms with Crippen LogP contribution in [-0.4, -0.2) is 24.0 Å². The summed E-state index contributed by atoms with van der Waals surface area (Å²) in [6, 6.07) is 7.71. The van der Waals surface area contributed by atoms with Gasteiger partial charge in [0.2, 0.25) is 5.91 Å². The first-order chi connectivity index (χ1) is 8.79. The highest BCUT2D eigenvalue weighted by molar-refractivity contribution is 7.13. The maximum absolute atomic E-state index is 11.6. The minimum absolute atomic E-state index is 0.0341. The first-order valence-corrected chi connectivity index (χ1v) is 6.68. The van der Waals surface area contributed by atoms with Crippen molar-refractivity contribution < 1.29 is 4.79 Å². The standard InChI is InChI=1S/C13H15N3OS/c1-2-14-9-12(17)16-11-5-3-4-10(8-11)13-15-6-7-18-13/h3-8,14H,2,9H2,1H3,(H,16,17). The molecule has 1 aromatic heterocycles. The number of likely N-dealkylation sites (N-methyl/N-ethyl adjacent to an activating group) is 1. The lowest BCUT2D eigenvalue weighted by molar-refractivity contribution is -0.115. The molecule has 0 radical (unpaired) electrons. The van der Waals surface area contributed by atoms with Crippen molar-refractivity contribution in [2.24, 2.45) is 0 Å². The SMILES string of the molecule is CCNCC(=O)Nc1cccc(-c2nccs2)c1. The van der Waals surface area contributed by atoms with Gasteiger partial charge in [0.25, 0.3) is 0 Å². The largest absolute Gasteiger partial charge is 0.325 e. The summed E-state index contributed by atoms with van der Waals surface area (Å²) in [5, 5.41) is 8.74. The summed E-state index contributed by atoms with van der Waals surface area (Å²) >= 11 is 1.58. The van der Waals surface area contributed by atoms with Crippen LogP contribution in [0.25, 0.3) is 10.6 Å². The molecular weight excluding hydrogens is 246 g/mol. The number of anilines is 1. The Morgan fingerprint density at radius 1 is 1.44 bits per heavy atom. The molecule has 0 aliphatic rings. The first-order valence-electron chi connectivity index (χ1n) is 5.80. The van der Waals surface area contributed by atoms with E-state index in [0.717, 1.165) is 22.8 Å². The number of aromatic nitrogens is 1. The zero-order valence-corrected chi connectivity index (χ0v) is 11.0. The molecule has 94 valence electrons. The molecule has 0 saturated carbocycles. The number of nitrogens with zero attached hydrogens (tertiary/aromatic N) is 1. The van der Waals surface area contributed by atoms with Crippen molar-refractivity contribution in [1.29, 1.82) is 0 Å². The van der Waals surface area contributed by atoms with Gasteiger partial charge in [-0.2, -0.15) is 0 Å². The zero-order chi connectivity index (χ0) is 12.8. The van der Waals surface area contributed by atoms with Crippen molar-refractivity contribution in [3.63, 3.8) is 0 Å². The molecule has 0 aliphatic carbocycles. The van der Waals surface area contributed by atoms with E-state index in [1.165, 1.54) is 0 Å². The van der Waals surface area contributed by atoms with E-state index in [2.05, 4.69) is 15.6 Å². The molecule has 0 unspecified atom stereocenters. The van der Waals surface area contributed by atoms with E-state index in [0.29, 0.717) is 6.54 Å². The van der Waals surface area contributed by atoms with Crippen LogP contribution in [-0.2, 0) is 4.79 Å². The highest BCUT2D eigenvalue weighted by Crippen LogP contribution is 2.24. The van der Waals surface area contributed by atoms with Crippen molar-refractivity contribution in [3.05, 3.63) is 35.8 Å². The quantitative estimate of drug-likeness (QED) is 0.868. The minimum atomic E-state index is -0.0341. The lowest BCUT2D eigenvalue weighted by atomic mass is 10.2. The third kappa shape index (κ3) is 3.38. The van der Waals surface area contributed by atoms with Crippen LogP contribution in [0.4, 0.5) is 5.69 Å². The van der Waals surface area contributed by atoms with E-state index in [1.807, 2.05) is 36.6 Å². The van der Waals surface area contributed by atoms with Gasteiger partial charge in [0, 0.05) is 22.8 Å². The Bertz CT molecular complexity index is 511. The summed E-state index contributed by atoms with van der Waals surface area (Å²) in [7, 11) is 0. The topological polar surface area (TPSA) is 54.0 Å². The van der Waals surface area contributed by atoms with Crippen LogP contribution in [0, 0.1) is 0 Å². The molecule has 2 aromatic rings. The molecule has 4 nitrogen and oxygen atoms in total. The maximum atomic E-state index is 11.6. The van der Waals surface area contributed by atoms with E-state index in [-0.39, 0.29) is 5.91 Å². The number of hydrogen-bond donors (Lipinski definition) is 2. The summed E-state index contributed by atoms with van der Waals surface area (Å²) in [4.78, 5) is 15.8. The molecule has 0 bridgehead atoms. The average molecular weight is 261 g/mol. The molecule has 1 aromatic carbocycles. The number of amides is 1. The predicted molar refractivity (Wildman–Crippen MR) is 74.7 cm³/mol. The van der Waals surface area contributed by atoms with E-state index in [4.69, 9.17) is 0 Å². The van der Waals surface area contributed by atoms with Crippen LogP contribution in [0.15, 0.2) is 35.8 Å². The van der Waals surface area contributed by atoms with Crippen LogP contribution in [0.5, 0.6) is 0 Å². The first kappa shape index (κ1) is 12.7. The van der Waals surface area contributed by atoms with Crippen molar-refractivity contribution in [1.82, 2.24) is 10.3 Å². The molecular formula is C13H15N3OS. The number of nitrogens with one attached hydrogen (secondary N) is 2. The third-order valence-electron chi connectivity index (χ3n) is 2.36. The Morgan fingerprint density at radius 3 is 3.06 bits per heavy atom. The maximum Gasteiger partial charge on any atom is 0.238 e. The normalized spacial score (nSPS) is 10.3. The van der Waals surface area contributed by atoms with Crippen molar-refractivity contribution in [2.75, 3.05) is 18.4 Å². The van der Waals surface area contributed by atoms with Gasteiger partial charge in [-0.25, -0.2) is 4.98 Å². The number of thiazole rings is 1. The van der Waals surface area contributed by atoms with E-state index >= 15 is 0 Å². The lowest BCUT2D eigenvalue weighted by Crippen LogP contribution is -2.27. The highest BCUT2D eigenvalue weighted by Gasteiger charge is 2.04. The van der Waals surface area contributed by atoms with Gasteiger partial charge in [-0.1, -0.05) is 19.1 Å². The number of rotatable bonds is 5. The van der Waals surface area contributed by atoms with E-state index < -0.39 is 0 Å². The Morgan fingerprint density at radius 2 is 2.33 bits per heavy atom. The Balaban J connectivity index is 2.06. The summed E-state index contributed by atoms with van der Waals surface area (Å²) in [6.07, 6.45) is 1.77. The fraction of sp³-hybridized carbons (Fsp3) is 0.231. The molecule has 2 rings (SSSR count). The molecule has 18 heavy (non-hydrogen) atoms. The number of carbonyl (C=O) groups is 1. The van der Waals surface area contributed by atoms with Gasteiger partial charge in [-0.05, 0) is 18.7 Å². The monoisotopic (exact) mass is 261 g/mol. The van der Waals surface area contributed by atoms with Gasteiger partial charge in [0.15, 0.2) is 0 Å². The fourth-order valence-electron chi connectivity index (χ4n) is 1.54. The molecule has 0 saturated heterocycles. The van der Waals surface area contributed by atoms with Crippen molar-refractivity contribution >= 4 is 22.9 Å². The van der Waals surface area contributed by atoms with Crippen LogP contribution in [0.3, 0.4) is 0 Å². The number of carbonyl (C=O) groups excluding carboxylic acids is 1. The van der Waals surface area contributed by atoms with Crippen molar-refractivity contribution in [2.45, 2.75) is 6.92 Å². The summed E-state index contributed by atoms with van der Waals surface area (Å²) in [5.41, 5.74) is 1.82. The number of benzene rings is 1. The number of hydrogen-bond acceptors (Lipinski definition) is 4. The molecule has 2 N–H and O–H groups in total. The second-order valence-electron chi connectivity index (χ2n) is 3.75. The van der Waals surface area contributed by atoms with Crippen LogP contribution in [0.1, 0.15) is 6.92 Å². The van der Waals surface area contributed by atoms with Gasteiger partial charge in [-0.3, -0.25) is 4.79 Å². The van der Waals surface area contributed by atoms with Gasteiger partial charge in [0.1, 0.15) is 5.01 Å². The Hall–Kier alpha value is -1.72. The van der Waals surface area contributed by atoms with Gasteiger partial charge in [-0.15, -0.1) is 11.3 Å². The lowest BCUT2D eigenvalue weighted by Gasteiger charge is -2.06. The molecule has 0 aliphatic heterocycles. The summed E-state index contributed by atoms with van der Waals surface area (Å²) < 4.78 is 0. The third-order valence-corrected chi connectivity index (χ3v) is 3.18. The average Bonchev–Trinajstić information content (AvgIpc) is 2.90. The molecule has 0 fully saturated rings. The Labute approximate surface area is 110 Å². The van der Waals surface area contributed by atoms with Gasteiger partial charge < -0.3 is 10.6 Å². The minimum Gasteiger partial charge on any atom is -0.325 e. The summed E-state index contributed by atoms with van der Waals surface area (Å²) in [6.45, 7) is 3.08. The van der Waals surface area contributed by atoms with Crippen molar-refractivity contribution in [3.8, 4) is 10.6 Å². The highest BCUT2D eigenvalue weighted by atomic mass is 32.1. The summed E-state index contributed by atoms with van der Waals surface area (Å²) in [5.74, 6) is -0.0341. The van der Waals surface area contributed by atoms with Gasteiger partial charge in [0.05, 0.1) is 6.54 Å². The van der Waals surface area contributed by atoms with E-state index in [9.17, 15) is 4.79 Å². The molecule has 0 spiro atoms. The predicted octanol–water partition coefficient (Wildman–Crippen LogP) is 2.36. The molecule has 0 atom stereocenters. The Kier molecular flexibility index (Phi) is 4.44. The van der Waals surface area contributed by atoms with Crippen LogP contribution < -0.4 is 10.6 Å².